The summed E-state index contributed by atoms with van der Waals surface area (Å²) < 4.78 is 20.0. The van der Waals surface area contributed by atoms with E-state index in [4.69, 9.17) is 9.57 Å². The van der Waals surface area contributed by atoms with Crippen LogP contribution in [-0.4, -0.2) is 19.2 Å². The number of carbonyl (C=O) groups excluding carboxylic acids is 1. The highest BCUT2D eigenvalue weighted by molar-refractivity contribution is 5.89. The lowest BCUT2D eigenvalue weighted by atomic mass is 9.81. The number of esters is 1. The van der Waals surface area contributed by atoms with E-state index in [2.05, 4.69) is 6.58 Å². The van der Waals surface area contributed by atoms with Gasteiger partial charge in [0.1, 0.15) is 5.82 Å². The van der Waals surface area contributed by atoms with Crippen LogP contribution in [0.4, 0.5) is 10.1 Å². The molecule has 4 nitrogen and oxygen atoms in total. The van der Waals surface area contributed by atoms with Gasteiger partial charge in [-0.25, -0.2) is 14.2 Å². The van der Waals surface area contributed by atoms with Gasteiger partial charge in [-0.3, -0.25) is 4.84 Å². The van der Waals surface area contributed by atoms with Gasteiger partial charge in [-0.1, -0.05) is 55.1 Å². The molecular formula is C26H24FNO3. The summed E-state index contributed by atoms with van der Waals surface area (Å²) in [7, 11) is 0. The van der Waals surface area contributed by atoms with Crippen molar-refractivity contribution in [3.63, 3.8) is 0 Å². The summed E-state index contributed by atoms with van der Waals surface area (Å²) in [4.78, 5) is 18.1. The van der Waals surface area contributed by atoms with E-state index in [1.807, 2.05) is 36.4 Å². The number of nitrogens with zero attached hydrogens (tertiary/aromatic N) is 1. The second-order valence-electron chi connectivity index (χ2n) is 7.38. The first kappa shape index (κ1) is 20.8. The molecule has 0 aliphatic carbocycles. The number of ether oxygens (including phenoxy) is 1. The highest BCUT2D eigenvalue weighted by Crippen LogP contribution is 2.46. The SMILES string of the molecule is C=C1CON(c2ccc(C(=O)OCC)cc2)[C@H](c2ccccc2F)[C@H]1c1ccccc1. The van der Waals surface area contributed by atoms with Crippen LogP contribution in [0, 0.1) is 5.82 Å². The molecule has 1 aliphatic rings. The molecule has 4 rings (SSSR count). The molecule has 0 amide bonds. The minimum absolute atomic E-state index is 0.170. The molecule has 5 heteroatoms. The minimum Gasteiger partial charge on any atom is -0.462 e. The van der Waals surface area contributed by atoms with E-state index in [0.717, 1.165) is 16.8 Å². The maximum absolute atomic E-state index is 15.0. The molecule has 0 unspecified atom stereocenters. The van der Waals surface area contributed by atoms with Crippen LogP contribution in [0.1, 0.15) is 40.4 Å². The van der Waals surface area contributed by atoms with Crippen molar-refractivity contribution in [3.05, 3.63) is 114 Å². The van der Waals surface area contributed by atoms with E-state index in [1.54, 1.807) is 48.4 Å². The van der Waals surface area contributed by atoms with E-state index in [1.165, 1.54) is 6.07 Å². The van der Waals surface area contributed by atoms with Crippen LogP contribution < -0.4 is 5.06 Å². The second kappa shape index (κ2) is 9.14. The maximum Gasteiger partial charge on any atom is 0.338 e. The molecular weight excluding hydrogens is 393 g/mol. The number of hydrogen-bond acceptors (Lipinski definition) is 4. The Labute approximate surface area is 181 Å². The van der Waals surface area contributed by atoms with Crippen molar-refractivity contribution in [2.75, 3.05) is 18.3 Å². The van der Waals surface area contributed by atoms with Crippen molar-refractivity contribution in [3.8, 4) is 0 Å². The van der Waals surface area contributed by atoms with E-state index < -0.39 is 6.04 Å². The van der Waals surface area contributed by atoms with Gasteiger partial charge in [-0.05, 0) is 48.4 Å². The molecule has 158 valence electrons. The minimum atomic E-state index is -0.460. The van der Waals surface area contributed by atoms with Gasteiger partial charge < -0.3 is 4.74 Å². The van der Waals surface area contributed by atoms with E-state index in [0.29, 0.717) is 24.3 Å². The summed E-state index contributed by atoms with van der Waals surface area (Å²) in [5, 5.41) is 1.72. The first-order valence-corrected chi connectivity index (χ1v) is 10.3. The third kappa shape index (κ3) is 4.23. The van der Waals surface area contributed by atoms with Gasteiger partial charge in [0.15, 0.2) is 0 Å². The summed E-state index contributed by atoms with van der Waals surface area (Å²) in [6.07, 6.45) is 0. The Morgan fingerprint density at radius 2 is 1.74 bits per heavy atom. The summed E-state index contributed by atoms with van der Waals surface area (Å²) in [5.74, 6) is -0.855. The highest BCUT2D eigenvalue weighted by atomic mass is 19.1. The van der Waals surface area contributed by atoms with Crippen LogP contribution >= 0.6 is 0 Å². The standard InChI is InChI=1S/C26H24FNO3/c1-3-30-26(29)20-13-15-21(16-14-20)28-25(22-11-7-8-12-23(22)27)24(18(2)17-31-28)19-9-5-4-6-10-19/h4-16,24-25H,2-3,17H2,1H3/t24-,25-/m1/s1. The lowest BCUT2D eigenvalue weighted by molar-refractivity contribution is 0.0525. The van der Waals surface area contributed by atoms with Gasteiger partial charge in [0.2, 0.25) is 0 Å². The third-order valence-corrected chi connectivity index (χ3v) is 5.41. The first-order valence-electron chi connectivity index (χ1n) is 10.3. The zero-order chi connectivity index (χ0) is 21.8. The van der Waals surface area contributed by atoms with Gasteiger partial charge in [0.25, 0.3) is 0 Å². The lowest BCUT2D eigenvalue weighted by Gasteiger charge is -2.43. The Hall–Kier alpha value is -3.44. The Morgan fingerprint density at radius 3 is 2.42 bits per heavy atom. The van der Waals surface area contributed by atoms with Crippen LogP contribution in [-0.2, 0) is 9.57 Å². The first-order chi connectivity index (χ1) is 15.1. The van der Waals surface area contributed by atoms with Crippen LogP contribution in [0.25, 0.3) is 0 Å². The van der Waals surface area contributed by atoms with E-state index >= 15 is 0 Å². The Morgan fingerprint density at radius 1 is 1.06 bits per heavy atom. The van der Waals surface area contributed by atoms with Crippen LogP contribution in [0.3, 0.4) is 0 Å². The van der Waals surface area contributed by atoms with Gasteiger partial charge in [-0.15, -0.1) is 0 Å². The topological polar surface area (TPSA) is 38.8 Å². The summed E-state index contributed by atoms with van der Waals surface area (Å²) in [6.45, 7) is 6.62. The van der Waals surface area contributed by atoms with Crippen molar-refractivity contribution in [1.82, 2.24) is 0 Å². The summed E-state index contributed by atoms with van der Waals surface area (Å²) in [5.41, 5.74) is 3.60. The zero-order valence-corrected chi connectivity index (χ0v) is 17.3. The van der Waals surface area contributed by atoms with E-state index in [9.17, 15) is 9.18 Å². The number of hydroxylamine groups is 1. The lowest BCUT2D eigenvalue weighted by Crippen LogP contribution is -2.40. The largest absolute Gasteiger partial charge is 0.462 e. The molecule has 0 N–H and O–H groups in total. The van der Waals surface area contributed by atoms with Crippen LogP contribution in [0.2, 0.25) is 0 Å². The summed E-state index contributed by atoms with van der Waals surface area (Å²) in [6, 6.07) is 23.2. The predicted octanol–water partition coefficient (Wildman–Crippen LogP) is 5.84. The maximum atomic E-state index is 15.0. The average molecular weight is 417 g/mol. The third-order valence-electron chi connectivity index (χ3n) is 5.41. The molecule has 1 saturated heterocycles. The normalized spacial score (nSPS) is 18.6. The number of halogens is 1. The number of benzene rings is 3. The van der Waals surface area contributed by atoms with Gasteiger partial charge in [-0.2, -0.15) is 0 Å². The smallest absolute Gasteiger partial charge is 0.338 e. The molecule has 3 aromatic carbocycles. The van der Waals surface area contributed by atoms with Crippen molar-refractivity contribution in [2.45, 2.75) is 18.9 Å². The summed E-state index contributed by atoms with van der Waals surface area (Å²) >= 11 is 0. The molecule has 0 aromatic heterocycles. The molecule has 0 radical (unpaired) electrons. The second-order valence-corrected chi connectivity index (χ2v) is 7.38. The molecule has 31 heavy (non-hydrogen) atoms. The number of hydrogen-bond donors (Lipinski definition) is 0. The fourth-order valence-electron chi connectivity index (χ4n) is 3.97. The predicted molar refractivity (Wildman–Crippen MR) is 118 cm³/mol. The molecule has 0 spiro atoms. The van der Waals surface area contributed by atoms with Crippen molar-refractivity contribution in [1.29, 1.82) is 0 Å². The Bertz CT molecular complexity index is 1070. The van der Waals surface area contributed by atoms with Crippen LogP contribution in [0.5, 0.6) is 0 Å². The molecule has 0 bridgehead atoms. The average Bonchev–Trinajstić information content (AvgIpc) is 2.80. The van der Waals surface area contributed by atoms with Crippen molar-refractivity contribution < 1.29 is 18.8 Å². The molecule has 3 aromatic rings. The molecule has 2 atom stereocenters. The van der Waals surface area contributed by atoms with Crippen molar-refractivity contribution >= 4 is 11.7 Å². The number of carbonyl (C=O) groups is 1. The zero-order valence-electron chi connectivity index (χ0n) is 17.3. The van der Waals surface area contributed by atoms with Gasteiger partial charge >= 0.3 is 5.97 Å². The van der Waals surface area contributed by atoms with Gasteiger partial charge in [0, 0.05) is 11.5 Å². The fourth-order valence-corrected chi connectivity index (χ4v) is 3.97. The highest BCUT2D eigenvalue weighted by Gasteiger charge is 2.38. The van der Waals surface area contributed by atoms with Crippen LogP contribution in [0.15, 0.2) is 91.0 Å². The van der Waals surface area contributed by atoms with Gasteiger partial charge in [0.05, 0.1) is 30.5 Å². The number of anilines is 1. The molecule has 0 saturated carbocycles. The van der Waals surface area contributed by atoms with E-state index in [-0.39, 0.29) is 17.7 Å². The molecule has 1 aliphatic heterocycles. The monoisotopic (exact) mass is 417 g/mol. The fraction of sp³-hybridized carbons (Fsp3) is 0.192. The quantitative estimate of drug-likeness (QED) is 0.386. The number of rotatable bonds is 5. The Balaban J connectivity index is 1.78. The molecule has 1 fully saturated rings. The Kier molecular flexibility index (Phi) is 6.14. The van der Waals surface area contributed by atoms with Crippen molar-refractivity contribution in [2.24, 2.45) is 0 Å². The molecule has 1 heterocycles.